The standard InChI is InChI=1S/C17H24Cl2N2/c18-13-3-4-15(19)14(11-13)16(12-20)21-9-7-17(8-10-21)5-1-2-6-17/h3-4,11,16H,1-2,5-10,12,20H2. The second-order valence-electron chi connectivity index (χ2n) is 6.66. The molecule has 0 aromatic heterocycles. The van der Waals surface area contributed by atoms with Gasteiger partial charge in [-0.15, -0.1) is 0 Å². The molecule has 0 bridgehead atoms. The van der Waals surface area contributed by atoms with Crippen molar-refractivity contribution in [1.82, 2.24) is 4.90 Å². The minimum atomic E-state index is 0.190. The quantitative estimate of drug-likeness (QED) is 0.875. The van der Waals surface area contributed by atoms with E-state index < -0.39 is 0 Å². The lowest BCUT2D eigenvalue weighted by molar-refractivity contribution is 0.0780. The van der Waals surface area contributed by atoms with E-state index in [0.29, 0.717) is 12.0 Å². The molecule has 2 N–H and O–H groups in total. The molecule has 0 radical (unpaired) electrons. The molecule has 1 aliphatic heterocycles. The predicted octanol–water partition coefficient (Wildman–Crippen LogP) is 4.65. The van der Waals surface area contributed by atoms with E-state index >= 15 is 0 Å². The van der Waals surface area contributed by atoms with E-state index in [1.54, 1.807) is 0 Å². The van der Waals surface area contributed by atoms with Gasteiger partial charge in [-0.3, -0.25) is 4.90 Å². The molecule has 2 fully saturated rings. The minimum Gasteiger partial charge on any atom is -0.329 e. The fourth-order valence-electron chi connectivity index (χ4n) is 4.18. The van der Waals surface area contributed by atoms with Crippen LogP contribution in [0.25, 0.3) is 0 Å². The fraction of sp³-hybridized carbons (Fsp3) is 0.647. The van der Waals surface area contributed by atoms with Crippen LogP contribution in [0.1, 0.15) is 50.1 Å². The molecule has 1 aromatic carbocycles. The van der Waals surface area contributed by atoms with Crippen molar-refractivity contribution in [3.8, 4) is 0 Å². The van der Waals surface area contributed by atoms with Gasteiger partial charge in [-0.2, -0.15) is 0 Å². The van der Waals surface area contributed by atoms with Crippen LogP contribution in [-0.4, -0.2) is 24.5 Å². The van der Waals surface area contributed by atoms with Gasteiger partial charge < -0.3 is 5.73 Å². The Balaban J connectivity index is 1.74. The summed E-state index contributed by atoms with van der Waals surface area (Å²) >= 11 is 12.5. The lowest BCUT2D eigenvalue weighted by Crippen LogP contribution is -2.43. The van der Waals surface area contributed by atoms with Gasteiger partial charge in [-0.25, -0.2) is 0 Å². The van der Waals surface area contributed by atoms with Crippen LogP contribution in [0.2, 0.25) is 10.0 Å². The highest BCUT2D eigenvalue weighted by atomic mass is 35.5. The van der Waals surface area contributed by atoms with Crippen LogP contribution < -0.4 is 5.73 Å². The molecule has 4 heteroatoms. The molecule has 1 atom stereocenters. The van der Waals surface area contributed by atoms with E-state index in [4.69, 9.17) is 28.9 Å². The molecule has 116 valence electrons. The summed E-state index contributed by atoms with van der Waals surface area (Å²) in [6, 6.07) is 5.88. The van der Waals surface area contributed by atoms with Gasteiger partial charge in [0.15, 0.2) is 0 Å². The lowest BCUT2D eigenvalue weighted by atomic mass is 9.76. The van der Waals surface area contributed by atoms with Crippen LogP contribution in [0.4, 0.5) is 0 Å². The van der Waals surface area contributed by atoms with Crippen molar-refractivity contribution >= 4 is 23.2 Å². The zero-order chi connectivity index (χ0) is 14.9. The fourth-order valence-corrected chi connectivity index (χ4v) is 4.60. The third kappa shape index (κ3) is 3.24. The van der Waals surface area contributed by atoms with Crippen LogP contribution in [0.5, 0.6) is 0 Å². The summed E-state index contributed by atoms with van der Waals surface area (Å²) in [7, 11) is 0. The van der Waals surface area contributed by atoms with E-state index in [2.05, 4.69) is 4.90 Å². The molecule has 1 saturated carbocycles. The van der Waals surface area contributed by atoms with Crippen LogP contribution >= 0.6 is 23.2 Å². The van der Waals surface area contributed by atoms with Gasteiger partial charge in [0, 0.05) is 22.6 Å². The van der Waals surface area contributed by atoms with Crippen molar-refractivity contribution in [2.75, 3.05) is 19.6 Å². The zero-order valence-electron chi connectivity index (χ0n) is 12.5. The molecule has 1 unspecified atom stereocenters. The van der Waals surface area contributed by atoms with Gasteiger partial charge in [0.05, 0.1) is 0 Å². The number of hydrogen-bond donors (Lipinski definition) is 1. The van der Waals surface area contributed by atoms with Crippen molar-refractivity contribution in [3.63, 3.8) is 0 Å². The molecule has 1 spiro atoms. The SMILES string of the molecule is NCC(c1cc(Cl)ccc1Cl)N1CCC2(CCCC2)CC1. The summed E-state index contributed by atoms with van der Waals surface area (Å²) in [5.74, 6) is 0. The van der Waals surface area contributed by atoms with Crippen molar-refractivity contribution < 1.29 is 0 Å². The first-order chi connectivity index (χ1) is 10.1. The summed E-state index contributed by atoms with van der Waals surface area (Å²) in [4.78, 5) is 2.50. The van der Waals surface area contributed by atoms with Gasteiger partial charge in [-0.05, 0) is 68.0 Å². The second kappa shape index (κ2) is 6.45. The van der Waals surface area contributed by atoms with E-state index in [-0.39, 0.29) is 6.04 Å². The first kappa shape index (κ1) is 15.6. The van der Waals surface area contributed by atoms with E-state index in [1.165, 1.54) is 38.5 Å². The summed E-state index contributed by atoms with van der Waals surface area (Å²) in [6.07, 6.45) is 8.29. The zero-order valence-corrected chi connectivity index (χ0v) is 14.0. The first-order valence-electron chi connectivity index (χ1n) is 8.03. The average molecular weight is 327 g/mol. The molecule has 1 aliphatic carbocycles. The molecule has 1 heterocycles. The van der Waals surface area contributed by atoms with E-state index in [9.17, 15) is 0 Å². The smallest absolute Gasteiger partial charge is 0.0485 e. The Morgan fingerprint density at radius 1 is 1.10 bits per heavy atom. The van der Waals surface area contributed by atoms with Crippen molar-refractivity contribution in [2.45, 2.75) is 44.6 Å². The van der Waals surface area contributed by atoms with Gasteiger partial charge in [0.25, 0.3) is 0 Å². The largest absolute Gasteiger partial charge is 0.329 e. The van der Waals surface area contributed by atoms with Gasteiger partial charge in [0.2, 0.25) is 0 Å². The topological polar surface area (TPSA) is 29.3 Å². The number of piperidine rings is 1. The lowest BCUT2D eigenvalue weighted by Gasteiger charge is -2.43. The number of likely N-dealkylation sites (tertiary alicyclic amines) is 1. The van der Waals surface area contributed by atoms with Crippen LogP contribution in [0.15, 0.2) is 18.2 Å². The Bertz CT molecular complexity index is 488. The summed E-state index contributed by atoms with van der Waals surface area (Å²) in [6.45, 7) is 2.85. The molecule has 3 rings (SSSR count). The van der Waals surface area contributed by atoms with Crippen LogP contribution in [0.3, 0.4) is 0 Å². The summed E-state index contributed by atoms with van der Waals surface area (Å²) in [5, 5.41) is 1.51. The molecule has 0 amide bonds. The Labute approximate surface area is 137 Å². The van der Waals surface area contributed by atoms with Crippen molar-refractivity contribution in [2.24, 2.45) is 11.1 Å². The number of nitrogens with two attached hydrogens (primary N) is 1. The minimum absolute atomic E-state index is 0.190. The van der Waals surface area contributed by atoms with Gasteiger partial charge in [0.1, 0.15) is 0 Å². The Morgan fingerprint density at radius 3 is 2.38 bits per heavy atom. The number of nitrogens with zero attached hydrogens (tertiary/aromatic N) is 1. The number of benzene rings is 1. The Kier molecular flexibility index (Phi) is 4.80. The highest BCUT2D eigenvalue weighted by Gasteiger charge is 2.38. The van der Waals surface area contributed by atoms with Gasteiger partial charge >= 0.3 is 0 Å². The predicted molar refractivity (Wildman–Crippen MR) is 90.0 cm³/mol. The number of rotatable bonds is 3. The average Bonchev–Trinajstić information content (AvgIpc) is 2.94. The maximum Gasteiger partial charge on any atom is 0.0485 e. The molecule has 1 saturated heterocycles. The van der Waals surface area contributed by atoms with E-state index in [1.807, 2.05) is 18.2 Å². The number of hydrogen-bond acceptors (Lipinski definition) is 2. The third-order valence-electron chi connectivity index (χ3n) is 5.50. The van der Waals surface area contributed by atoms with Crippen LogP contribution in [-0.2, 0) is 0 Å². The summed E-state index contributed by atoms with van der Waals surface area (Å²) < 4.78 is 0. The maximum absolute atomic E-state index is 6.37. The highest BCUT2D eigenvalue weighted by Crippen LogP contribution is 2.47. The highest BCUT2D eigenvalue weighted by molar-refractivity contribution is 6.33. The van der Waals surface area contributed by atoms with E-state index in [0.717, 1.165) is 28.7 Å². The second-order valence-corrected chi connectivity index (χ2v) is 7.50. The Morgan fingerprint density at radius 2 is 1.76 bits per heavy atom. The van der Waals surface area contributed by atoms with Gasteiger partial charge in [-0.1, -0.05) is 36.0 Å². The normalized spacial score (nSPS) is 23.6. The molecular weight excluding hydrogens is 303 g/mol. The molecule has 21 heavy (non-hydrogen) atoms. The summed E-state index contributed by atoms with van der Waals surface area (Å²) in [5.41, 5.74) is 7.77. The molecule has 2 aliphatic rings. The molecule has 2 nitrogen and oxygen atoms in total. The van der Waals surface area contributed by atoms with Crippen molar-refractivity contribution in [1.29, 1.82) is 0 Å². The number of halogens is 2. The molecular formula is C17H24Cl2N2. The maximum atomic E-state index is 6.37. The van der Waals surface area contributed by atoms with Crippen molar-refractivity contribution in [3.05, 3.63) is 33.8 Å². The Hall–Kier alpha value is -0.280. The monoisotopic (exact) mass is 326 g/mol. The first-order valence-corrected chi connectivity index (χ1v) is 8.78. The molecule has 1 aromatic rings. The third-order valence-corrected chi connectivity index (χ3v) is 6.08. The van der Waals surface area contributed by atoms with Crippen LogP contribution in [0, 0.1) is 5.41 Å².